The van der Waals surface area contributed by atoms with Crippen molar-refractivity contribution in [3.05, 3.63) is 40.9 Å². The number of benzene rings is 1. The van der Waals surface area contributed by atoms with Crippen LogP contribution in [-0.2, 0) is 7.05 Å². The van der Waals surface area contributed by atoms with Gasteiger partial charge in [0, 0.05) is 18.8 Å². The van der Waals surface area contributed by atoms with Gasteiger partial charge in [0.25, 0.3) is 5.56 Å². The molecule has 0 amide bonds. The van der Waals surface area contributed by atoms with Gasteiger partial charge in [0.05, 0.1) is 26.1 Å². The van der Waals surface area contributed by atoms with E-state index in [9.17, 15) is 4.79 Å². The van der Waals surface area contributed by atoms with Gasteiger partial charge in [0.15, 0.2) is 11.5 Å². The van der Waals surface area contributed by atoms with Gasteiger partial charge in [-0.2, -0.15) is 0 Å². The fourth-order valence-corrected chi connectivity index (χ4v) is 1.64. The summed E-state index contributed by atoms with van der Waals surface area (Å²) in [5, 5.41) is 0. The lowest BCUT2D eigenvalue weighted by atomic mass is 10.1. The summed E-state index contributed by atoms with van der Waals surface area (Å²) in [6.45, 7) is 0. The highest BCUT2D eigenvalue weighted by molar-refractivity contribution is 5.63. The van der Waals surface area contributed by atoms with Gasteiger partial charge in [0.2, 0.25) is 0 Å². The summed E-state index contributed by atoms with van der Waals surface area (Å²) >= 11 is 0. The zero-order chi connectivity index (χ0) is 13.1. The van der Waals surface area contributed by atoms with E-state index in [4.69, 9.17) is 9.47 Å². The normalized spacial score (nSPS) is 10.2. The van der Waals surface area contributed by atoms with Crippen LogP contribution in [0, 0.1) is 0 Å². The molecule has 0 N–H and O–H groups in total. The molecule has 1 heterocycles. The first-order valence-electron chi connectivity index (χ1n) is 5.41. The number of ether oxygens (including phenoxy) is 2. The van der Waals surface area contributed by atoms with Crippen LogP contribution in [-0.4, -0.2) is 23.8 Å². The molecule has 1 aromatic carbocycles. The number of aryl methyl sites for hydroxylation is 1. The molecule has 94 valence electrons. The fourth-order valence-electron chi connectivity index (χ4n) is 1.64. The molecule has 5 heteroatoms. The Morgan fingerprint density at radius 1 is 1.17 bits per heavy atom. The van der Waals surface area contributed by atoms with E-state index in [1.165, 1.54) is 10.8 Å². The molecule has 0 radical (unpaired) electrons. The molecule has 18 heavy (non-hydrogen) atoms. The minimum absolute atomic E-state index is 0.140. The van der Waals surface area contributed by atoms with Gasteiger partial charge < -0.3 is 14.0 Å². The van der Waals surface area contributed by atoms with Gasteiger partial charge in [-0.15, -0.1) is 0 Å². The molecule has 0 aliphatic carbocycles. The van der Waals surface area contributed by atoms with Crippen molar-refractivity contribution in [1.29, 1.82) is 0 Å². The zero-order valence-electron chi connectivity index (χ0n) is 10.5. The summed E-state index contributed by atoms with van der Waals surface area (Å²) < 4.78 is 11.9. The second-order valence-corrected chi connectivity index (χ2v) is 3.79. The van der Waals surface area contributed by atoms with Crippen molar-refractivity contribution >= 4 is 0 Å². The lowest BCUT2D eigenvalue weighted by molar-refractivity contribution is 0.355. The largest absolute Gasteiger partial charge is 0.493 e. The Bertz CT molecular complexity index is 620. The van der Waals surface area contributed by atoms with Crippen molar-refractivity contribution in [2.75, 3.05) is 14.2 Å². The van der Waals surface area contributed by atoms with Crippen molar-refractivity contribution in [1.82, 2.24) is 9.55 Å². The Balaban J connectivity index is 2.50. The van der Waals surface area contributed by atoms with Crippen LogP contribution in [0.1, 0.15) is 0 Å². The Hall–Kier alpha value is -2.30. The van der Waals surface area contributed by atoms with E-state index in [0.717, 1.165) is 5.56 Å². The van der Waals surface area contributed by atoms with Crippen LogP contribution in [0.15, 0.2) is 35.4 Å². The summed E-state index contributed by atoms with van der Waals surface area (Å²) in [6, 6.07) is 5.50. The lowest BCUT2D eigenvalue weighted by Crippen LogP contribution is -2.15. The van der Waals surface area contributed by atoms with Gasteiger partial charge >= 0.3 is 0 Å². The van der Waals surface area contributed by atoms with E-state index in [2.05, 4.69) is 4.98 Å². The quantitative estimate of drug-likeness (QED) is 0.822. The highest BCUT2D eigenvalue weighted by Crippen LogP contribution is 2.31. The van der Waals surface area contributed by atoms with Crippen molar-refractivity contribution in [3.8, 4) is 22.8 Å². The molecular formula is C13H14N2O3. The number of hydrogen-bond donors (Lipinski definition) is 0. The number of hydrogen-bond acceptors (Lipinski definition) is 4. The molecule has 2 rings (SSSR count). The molecule has 0 spiro atoms. The first-order chi connectivity index (χ1) is 8.65. The van der Waals surface area contributed by atoms with Crippen LogP contribution < -0.4 is 15.0 Å². The highest BCUT2D eigenvalue weighted by atomic mass is 16.5. The average molecular weight is 246 g/mol. The molecule has 1 aromatic heterocycles. The molecule has 0 bridgehead atoms. The van der Waals surface area contributed by atoms with Crippen molar-refractivity contribution in [3.63, 3.8) is 0 Å². The number of aromatic nitrogens is 2. The molecule has 0 atom stereocenters. The number of nitrogens with zero attached hydrogens (tertiary/aromatic N) is 2. The smallest absolute Gasteiger partial charge is 0.268 e. The van der Waals surface area contributed by atoms with Gasteiger partial charge in [-0.3, -0.25) is 4.79 Å². The van der Waals surface area contributed by atoms with Crippen molar-refractivity contribution in [2.24, 2.45) is 7.05 Å². The maximum atomic E-state index is 11.3. The van der Waals surface area contributed by atoms with E-state index < -0.39 is 0 Å². The molecule has 0 unspecified atom stereocenters. The third kappa shape index (κ3) is 2.20. The van der Waals surface area contributed by atoms with E-state index >= 15 is 0 Å². The molecular weight excluding hydrogens is 232 g/mol. The maximum absolute atomic E-state index is 11.3. The van der Waals surface area contributed by atoms with Crippen molar-refractivity contribution in [2.45, 2.75) is 0 Å². The minimum Gasteiger partial charge on any atom is -0.493 e. The van der Waals surface area contributed by atoms with Gasteiger partial charge in [0.1, 0.15) is 0 Å². The van der Waals surface area contributed by atoms with Crippen LogP contribution in [0.5, 0.6) is 11.5 Å². The van der Waals surface area contributed by atoms with E-state index in [0.29, 0.717) is 17.2 Å². The second kappa shape index (κ2) is 4.91. The minimum atomic E-state index is -0.140. The fraction of sp³-hybridized carbons (Fsp3) is 0.231. The van der Waals surface area contributed by atoms with E-state index in [1.807, 2.05) is 12.1 Å². The standard InChI is InChI=1S/C13H14N2O3/c1-15-8-10(14-7-13(15)16)9-4-5-11(17-2)12(6-9)18-3/h4-8H,1-3H3. The van der Waals surface area contributed by atoms with Crippen LogP contribution in [0.2, 0.25) is 0 Å². The summed E-state index contributed by atoms with van der Waals surface area (Å²) in [6.07, 6.45) is 2.98. The third-order valence-electron chi connectivity index (χ3n) is 2.66. The SMILES string of the molecule is COc1ccc(-c2cn(C)c(=O)cn2)cc1OC. The Morgan fingerprint density at radius 3 is 2.50 bits per heavy atom. The van der Waals surface area contributed by atoms with E-state index in [-0.39, 0.29) is 5.56 Å². The maximum Gasteiger partial charge on any atom is 0.268 e. The second-order valence-electron chi connectivity index (χ2n) is 3.79. The van der Waals surface area contributed by atoms with Crippen LogP contribution >= 0.6 is 0 Å². The van der Waals surface area contributed by atoms with Gasteiger partial charge in [-0.25, -0.2) is 4.98 Å². The topological polar surface area (TPSA) is 53.4 Å². The predicted molar refractivity (Wildman–Crippen MR) is 68.0 cm³/mol. The average Bonchev–Trinajstić information content (AvgIpc) is 2.41. The molecule has 0 saturated heterocycles. The Morgan fingerprint density at radius 2 is 1.89 bits per heavy atom. The molecule has 0 aliphatic rings. The Kier molecular flexibility index (Phi) is 3.32. The van der Waals surface area contributed by atoms with Gasteiger partial charge in [-0.1, -0.05) is 0 Å². The molecule has 0 fully saturated rings. The van der Waals surface area contributed by atoms with Crippen LogP contribution in [0.3, 0.4) is 0 Å². The van der Waals surface area contributed by atoms with Crippen LogP contribution in [0.4, 0.5) is 0 Å². The third-order valence-corrected chi connectivity index (χ3v) is 2.66. The summed E-state index contributed by atoms with van der Waals surface area (Å²) in [7, 11) is 4.85. The zero-order valence-corrected chi connectivity index (χ0v) is 10.5. The number of methoxy groups -OCH3 is 2. The first kappa shape index (κ1) is 12.2. The lowest BCUT2D eigenvalue weighted by Gasteiger charge is -2.09. The van der Waals surface area contributed by atoms with Crippen LogP contribution in [0.25, 0.3) is 11.3 Å². The summed E-state index contributed by atoms with van der Waals surface area (Å²) in [5.74, 6) is 1.29. The number of rotatable bonds is 3. The molecule has 2 aromatic rings. The summed E-state index contributed by atoms with van der Waals surface area (Å²) in [5.41, 5.74) is 1.43. The molecule has 0 aliphatic heterocycles. The monoisotopic (exact) mass is 246 g/mol. The molecule has 0 saturated carbocycles. The first-order valence-corrected chi connectivity index (χ1v) is 5.41. The van der Waals surface area contributed by atoms with Gasteiger partial charge in [-0.05, 0) is 18.2 Å². The summed E-state index contributed by atoms with van der Waals surface area (Å²) in [4.78, 5) is 15.4. The highest BCUT2D eigenvalue weighted by Gasteiger charge is 2.07. The predicted octanol–water partition coefficient (Wildman–Crippen LogP) is 1.46. The van der Waals surface area contributed by atoms with Crippen molar-refractivity contribution < 1.29 is 9.47 Å². The Labute approximate surface area is 105 Å². The molecule has 5 nitrogen and oxygen atoms in total. The van der Waals surface area contributed by atoms with E-state index in [1.54, 1.807) is 33.5 Å².